The molecule has 2 nitrogen and oxygen atoms in total. The standard InChI is InChI=1S/C15H17NO/c1-2-7-12-8-3-5-10-14(12)17-15-11-6-4-9-13(15)16/h3-6,8-11H,2,7,16H2,1H3. The highest BCUT2D eigenvalue weighted by Gasteiger charge is 2.05. The van der Waals surface area contributed by atoms with Gasteiger partial charge in [0.05, 0.1) is 5.69 Å². The molecule has 0 aliphatic heterocycles. The molecule has 0 bridgehead atoms. The molecular weight excluding hydrogens is 210 g/mol. The Labute approximate surface area is 102 Å². The summed E-state index contributed by atoms with van der Waals surface area (Å²) in [5.41, 5.74) is 7.75. The van der Waals surface area contributed by atoms with Gasteiger partial charge in [-0.3, -0.25) is 0 Å². The molecule has 0 amide bonds. The third-order valence-corrected chi connectivity index (χ3v) is 2.63. The van der Waals surface area contributed by atoms with Crippen LogP contribution in [0.3, 0.4) is 0 Å². The third-order valence-electron chi connectivity index (χ3n) is 2.63. The van der Waals surface area contributed by atoms with Gasteiger partial charge in [0.1, 0.15) is 11.5 Å². The molecule has 2 rings (SSSR count). The molecule has 0 aromatic heterocycles. The fourth-order valence-corrected chi connectivity index (χ4v) is 1.77. The van der Waals surface area contributed by atoms with E-state index < -0.39 is 0 Å². The van der Waals surface area contributed by atoms with Gasteiger partial charge < -0.3 is 10.5 Å². The first-order valence-electron chi connectivity index (χ1n) is 5.91. The van der Waals surface area contributed by atoms with Gasteiger partial charge in [-0.15, -0.1) is 0 Å². The first-order chi connectivity index (χ1) is 8.31. The smallest absolute Gasteiger partial charge is 0.150 e. The average Bonchev–Trinajstić information content (AvgIpc) is 2.35. The van der Waals surface area contributed by atoms with Crippen LogP contribution in [-0.4, -0.2) is 0 Å². The molecule has 0 unspecified atom stereocenters. The molecule has 0 radical (unpaired) electrons. The number of rotatable bonds is 4. The number of hydrogen-bond acceptors (Lipinski definition) is 2. The van der Waals surface area contributed by atoms with E-state index in [2.05, 4.69) is 13.0 Å². The average molecular weight is 227 g/mol. The van der Waals surface area contributed by atoms with Gasteiger partial charge in [-0.05, 0) is 30.2 Å². The summed E-state index contributed by atoms with van der Waals surface area (Å²) in [7, 11) is 0. The molecule has 0 heterocycles. The molecule has 2 aromatic rings. The number of benzene rings is 2. The lowest BCUT2D eigenvalue weighted by Gasteiger charge is -2.11. The third kappa shape index (κ3) is 2.78. The Morgan fingerprint density at radius 2 is 1.59 bits per heavy atom. The number of ether oxygens (including phenoxy) is 1. The van der Waals surface area contributed by atoms with Gasteiger partial charge in [0.25, 0.3) is 0 Å². The lowest BCUT2D eigenvalue weighted by Crippen LogP contribution is -1.94. The Morgan fingerprint density at radius 1 is 0.941 bits per heavy atom. The molecule has 88 valence electrons. The van der Waals surface area contributed by atoms with E-state index in [1.165, 1.54) is 5.56 Å². The largest absolute Gasteiger partial charge is 0.455 e. The molecule has 0 aliphatic rings. The highest BCUT2D eigenvalue weighted by Crippen LogP contribution is 2.29. The molecular formula is C15H17NO. The van der Waals surface area contributed by atoms with Gasteiger partial charge in [0.2, 0.25) is 0 Å². The minimum atomic E-state index is 0.666. The lowest BCUT2D eigenvalue weighted by molar-refractivity contribution is 0.478. The van der Waals surface area contributed by atoms with Crippen molar-refractivity contribution in [2.45, 2.75) is 19.8 Å². The van der Waals surface area contributed by atoms with Crippen LogP contribution in [0.5, 0.6) is 11.5 Å². The number of aryl methyl sites for hydroxylation is 1. The summed E-state index contributed by atoms with van der Waals surface area (Å²) in [6.45, 7) is 2.16. The number of nitrogens with two attached hydrogens (primary N) is 1. The predicted molar refractivity (Wildman–Crippen MR) is 71.4 cm³/mol. The summed E-state index contributed by atoms with van der Waals surface area (Å²) in [4.78, 5) is 0. The maximum absolute atomic E-state index is 5.87. The van der Waals surface area contributed by atoms with E-state index >= 15 is 0 Å². The highest BCUT2D eigenvalue weighted by atomic mass is 16.5. The summed E-state index contributed by atoms with van der Waals surface area (Å²) in [6.07, 6.45) is 2.12. The van der Waals surface area contributed by atoms with Crippen LogP contribution < -0.4 is 10.5 Å². The molecule has 2 aromatic carbocycles. The van der Waals surface area contributed by atoms with Crippen LogP contribution in [0.25, 0.3) is 0 Å². The van der Waals surface area contributed by atoms with Crippen molar-refractivity contribution in [3.8, 4) is 11.5 Å². The summed E-state index contributed by atoms with van der Waals surface area (Å²) >= 11 is 0. The lowest BCUT2D eigenvalue weighted by atomic mass is 10.1. The number of hydrogen-bond donors (Lipinski definition) is 1. The first kappa shape index (κ1) is 11.5. The Morgan fingerprint density at radius 3 is 2.29 bits per heavy atom. The van der Waals surface area contributed by atoms with Gasteiger partial charge in [-0.1, -0.05) is 43.7 Å². The van der Waals surface area contributed by atoms with Crippen molar-refractivity contribution in [1.82, 2.24) is 0 Å². The fraction of sp³-hybridized carbons (Fsp3) is 0.200. The van der Waals surface area contributed by atoms with Crippen LogP contribution in [0.4, 0.5) is 5.69 Å². The van der Waals surface area contributed by atoms with E-state index in [-0.39, 0.29) is 0 Å². The van der Waals surface area contributed by atoms with Gasteiger partial charge in [-0.25, -0.2) is 0 Å². The number of anilines is 1. The van der Waals surface area contributed by atoms with Crippen LogP contribution in [0.1, 0.15) is 18.9 Å². The highest BCUT2D eigenvalue weighted by molar-refractivity contribution is 5.54. The van der Waals surface area contributed by atoms with Gasteiger partial charge >= 0.3 is 0 Å². The van der Waals surface area contributed by atoms with E-state index in [1.54, 1.807) is 0 Å². The molecule has 0 aliphatic carbocycles. The summed E-state index contributed by atoms with van der Waals surface area (Å²) in [5.74, 6) is 1.61. The Balaban J connectivity index is 2.27. The normalized spacial score (nSPS) is 10.2. The van der Waals surface area contributed by atoms with Crippen molar-refractivity contribution in [1.29, 1.82) is 0 Å². The minimum Gasteiger partial charge on any atom is -0.455 e. The van der Waals surface area contributed by atoms with Crippen LogP contribution in [0, 0.1) is 0 Å². The Bertz CT molecular complexity index is 494. The fourth-order valence-electron chi connectivity index (χ4n) is 1.77. The summed E-state index contributed by atoms with van der Waals surface area (Å²) < 4.78 is 5.87. The molecule has 0 fully saturated rings. The second kappa shape index (κ2) is 5.39. The van der Waals surface area contributed by atoms with Gasteiger partial charge in [0.15, 0.2) is 0 Å². The maximum Gasteiger partial charge on any atom is 0.150 e. The number of para-hydroxylation sites is 3. The van der Waals surface area contributed by atoms with Gasteiger partial charge in [0, 0.05) is 0 Å². The van der Waals surface area contributed by atoms with Crippen LogP contribution in [0.15, 0.2) is 48.5 Å². The summed E-state index contributed by atoms with van der Waals surface area (Å²) in [6, 6.07) is 15.7. The van der Waals surface area contributed by atoms with E-state index in [9.17, 15) is 0 Å². The van der Waals surface area contributed by atoms with E-state index in [4.69, 9.17) is 10.5 Å². The van der Waals surface area contributed by atoms with Crippen LogP contribution in [-0.2, 0) is 6.42 Å². The van der Waals surface area contributed by atoms with E-state index in [0.29, 0.717) is 5.69 Å². The van der Waals surface area contributed by atoms with E-state index in [1.807, 2.05) is 42.5 Å². The van der Waals surface area contributed by atoms with Crippen molar-refractivity contribution in [2.24, 2.45) is 0 Å². The SMILES string of the molecule is CCCc1ccccc1Oc1ccccc1N. The molecule has 0 atom stereocenters. The van der Waals surface area contributed by atoms with Crippen LogP contribution >= 0.6 is 0 Å². The van der Waals surface area contributed by atoms with Crippen LogP contribution in [0.2, 0.25) is 0 Å². The summed E-state index contributed by atoms with van der Waals surface area (Å²) in [5, 5.41) is 0. The molecule has 2 N–H and O–H groups in total. The first-order valence-corrected chi connectivity index (χ1v) is 5.91. The zero-order chi connectivity index (χ0) is 12.1. The van der Waals surface area contributed by atoms with Crippen molar-refractivity contribution in [3.05, 3.63) is 54.1 Å². The molecule has 2 heteroatoms. The Kier molecular flexibility index (Phi) is 3.66. The van der Waals surface area contributed by atoms with Crippen molar-refractivity contribution < 1.29 is 4.74 Å². The minimum absolute atomic E-state index is 0.666. The molecule has 17 heavy (non-hydrogen) atoms. The zero-order valence-corrected chi connectivity index (χ0v) is 10.0. The van der Waals surface area contributed by atoms with Gasteiger partial charge in [-0.2, -0.15) is 0 Å². The van der Waals surface area contributed by atoms with Crippen molar-refractivity contribution in [3.63, 3.8) is 0 Å². The second-order valence-electron chi connectivity index (χ2n) is 4.00. The second-order valence-corrected chi connectivity index (χ2v) is 4.00. The quantitative estimate of drug-likeness (QED) is 0.801. The van der Waals surface area contributed by atoms with Crippen molar-refractivity contribution in [2.75, 3.05) is 5.73 Å². The molecule has 0 saturated heterocycles. The monoisotopic (exact) mass is 227 g/mol. The maximum atomic E-state index is 5.87. The number of nitrogen functional groups attached to an aromatic ring is 1. The topological polar surface area (TPSA) is 35.2 Å². The Hall–Kier alpha value is -1.96. The van der Waals surface area contributed by atoms with Crippen molar-refractivity contribution >= 4 is 5.69 Å². The zero-order valence-electron chi connectivity index (χ0n) is 10.0. The molecule has 0 saturated carbocycles. The van der Waals surface area contributed by atoms with E-state index in [0.717, 1.165) is 24.3 Å². The molecule has 0 spiro atoms. The predicted octanol–water partition coefficient (Wildman–Crippen LogP) is 4.01.